The quantitative estimate of drug-likeness (QED) is 0.423. The molecule has 10 heteroatoms. The normalized spacial score (nSPS) is 22.6. The van der Waals surface area contributed by atoms with Gasteiger partial charge in [-0.2, -0.15) is 18.3 Å². The van der Waals surface area contributed by atoms with Gasteiger partial charge in [0.05, 0.1) is 30.1 Å². The number of alkyl halides is 3. The Morgan fingerprint density at radius 1 is 1.08 bits per heavy atom. The number of ether oxygens (including phenoxy) is 1. The van der Waals surface area contributed by atoms with E-state index < -0.39 is 11.7 Å². The molecule has 204 valence electrons. The third-order valence-corrected chi connectivity index (χ3v) is 7.80. The number of aromatic nitrogens is 2. The first-order valence-corrected chi connectivity index (χ1v) is 13.6. The zero-order valence-electron chi connectivity index (χ0n) is 21.2. The summed E-state index contributed by atoms with van der Waals surface area (Å²) in [6.07, 6.45) is 6.39. The highest BCUT2D eigenvalue weighted by molar-refractivity contribution is 6.32. The lowest BCUT2D eigenvalue weighted by atomic mass is 9.90. The van der Waals surface area contributed by atoms with E-state index in [1.807, 2.05) is 0 Å². The van der Waals surface area contributed by atoms with Crippen molar-refractivity contribution >= 4 is 23.0 Å². The van der Waals surface area contributed by atoms with Crippen molar-refractivity contribution in [2.45, 2.75) is 76.6 Å². The predicted octanol–water partition coefficient (Wildman–Crippen LogP) is 6.77. The van der Waals surface area contributed by atoms with Crippen LogP contribution in [0, 0.1) is 11.8 Å². The van der Waals surface area contributed by atoms with Crippen molar-refractivity contribution < 1.29 is 17.9 Å². The molecule has 2 heterocycles. The van der Waals surface area contributed by atoms with Gasteiger partial charge in [0, 0.05) is 30.8 Å². The molecule has 2 N–H and O–H groups in total. The SMILES string of the molecule is CC1CCOCC1CNc1cnn(C2CCCCC2)c(=O)c1Cl.FC(F)(F)c1ccc(NC2CC2)cc1. The molecule has 1 aromatic carbocycles. The monoisotopic (exact) mass is 540 g/mol. The number of nitrogens with one attached hydrogen (secondary N) is 2. The lowest BCUT2D eigenvalue weighted by Crippen LogP contribution is -2.32. The maximum Gasteiger partial charge on any atom is 0.416 e. The number of nitrogens with zero attached hydrogens (tertiary/aromatic N) is 2. The van der Waals surface area contributed by atoms with Gasteiger partial charge in [0.2, 0.25) is 0 Å². The Balaban J connectivity index is 0.000000195. The van der Waals surface area contributed by atoms with Crippen molar-refractivity contribution in [1.82, 2.24) is 9.78 Å². The molecule has 2 aromatic rings. The van der Waals surface area contributed by atoms with Gasteiger partial charge in [-0.05, 0) is 62.3 Å². The van der Waals surface area contributed by atoms with Gasteiger partial charge in [-0.1, -0.05) is 37.8 Å². The van der Waals surface area contributed by atoms with E-state index in [0.29, 0.717) is 23.6 Å². The Morgan fingerprint density at radius 2 is 1.78 bits per heavy atom. The Hall–Kier alpha value is -2.26. The number of hydrogen-bond acceptors (Lipinski definition) is 5. The van der Waals surface area contributed by atoms with E-state index in [0.717, 1.165) is 82.5 Å². The van der Waals surface area contributed by atoms with Crippen LogP contribution in [0.25, 0.3) is 0 Å². The highest BCUT2D eigenvalue weighted by Crippen LogP contribution is 2.31. The summed E-state index contributed by atoms with van der Waals surface area (Å²) in [7, 11) is 0. The Labute approximate surface area is 220 Å². The summed E-state index contributed by atoms with van der Waals surface area (Å²) in [5.41, 5.74) is 0.636. The molecule has 37 heavy (non-hydrogen) atoms. The molecule has 0 radical (unpaired) electrons. The summed E-state index contributed by atoms with van der Waals surface area (Å²) in [4.78, 5) is 12.5. The van der Waals surface area contributed by atoms with Crippen molar-refractivity contribution in [2.75, 3.05) is 30.4 Å². The molecule has 0 spiro atoms. The van der Waals surface area contributed by atoms with E-state index in [9.17, 15) is 18.0 Å². The van der Waals surface area contributed by atoms with Gasteiger partial charge in [0.1, 0.15) is 5.02 Å². The maximum atomic E-state index is 12.5. The van der Waals surface area contributed by atoms with Crippen molar-refractivity contribution in [1.29, 1.82) is 0 Å². The third kappa shape index (κ3) is 7.87. The molecule has 3 fully saturated rings. The van der Waals surface area contributed by atoms with Crippen molar-refractivity contribution in [3.8, 4) is 0 Å². The van der Waals surface area contributed by atoms with Gasteiger partial charge < -0.3 is 15.4 Å². The Bertz CT molecular complexity index is 1070. The second-order valence-electron chi connectivity index (χ2n) is 10.4. The van der Waals surface area contributed by atoms with E-state index in [2.05, 4.69) is 22.7 Å². The fourth-order valence-electron chi connectivity index (χ4n) is 4.78. The van der Waals surface area contributed by atoms with Crippen LogP contribution in [-0.4, -0.2) is 35.6 Å². The topological polar surface area (TPSA) is 68.2 Å². The van der Waals surface area contributed by atoms with Gasteiger partial charge in [-0.3, -0.25) is 4.79 Å². The van der Waals surface area contributed by atoms with Crippen LogP contribution in [0.1, 0.15) is 69.9 Å². The van der Waals surface area contributed by atoms with Gasteiger partial charge in [-0.15, -0.1) is 0 Å². The molecule has 5 rings (SSSR count). The first-order chi connectivity index (χ1) is 17.7. The number of anilines is 2. The zero-order valence-corrected chi connectivity index (χ0v) is 22.0. The minimum Gasteiger partial charge on any atom is -0.382 e. The van der Waals surface area contributed by atoms with E-state index in [1.54, 1.807) is 10.9 Å². The molecule has 0 amide bonds. The smallest absolute Gasteiger partial charge is 0.382 e. The van der Waals surface area contributed by atoms with Gasteiger partial charge in [-0.25, -0.2) is 4.68 Å². The van der Waals surface area contributed by atoms with E-state index in [1.165, 1.54) is 18.6 Å². The minimum absolute atomic E-state index is 0.170. The fraction of sp³-hybridized carbons (Fsp3) is 0.630. The predicted molar refractivity (Wildman–Crippen MR) is 140 cm³/mol. The molecule has 0 bridgehead atoms. The lowest BCUT2D eigenvalue weighted by molar-refractivity contribution is -0.137. The van der Waals surface area contributed by atoms with Crippen molar-refractivity contribution in [2.24, 2.45) is 11.8 Å². The van der Waals surface area contributed by atoms with E-state index in [4.69, 9.17) is 16.3 Å². The van der Waals surface area contributed by atoms with Crippen LogP contribution in [0.3, 0.4) is 0 Å². The molecule has 3 aliphatic rings. The van der Waals surface area contributed by atoms with Gasteiger partial charge >= 0.3 is 6.18 Å². The third-order valence-electron chi connectivity index (χ3n) is 7.43. The van der Waals surface area contributed by atoms with Crippen LogP contribution in [0.4, 0.5) is 24.5 Å². The minimum atomic E-state index is -4.24. The van der Waals surface area contributed by atoms with Crippen molar-refractivity contribution in [3.63, 3.8) is 0 Å². The molecule has 2 unspecified atom stereocenters. The lowest BCUT2D eigenvalue weighted by Gasteiger charge is -2.29. The Morgan fingerprint density at radius 3 is 2.41 bits per heavy atom. The number of hydrogen-bond donors (Lipinski definition) is 2. The van der Waals surface area contributed by atoms with Crippen LogP contribution in [-0.2, 0) is 10.9 Å². The first-order valence-electron chi connectivity index (χ1n) is 13.2. The zero-order chi connectivity index (χ0) is 26.4. The molecule has 2 atom stereocenters. The number of benzene rings is 1. The molecular formula is C27H36ClF3N4O2. The highest BCUT2D eigenvalue weighted by Gasteiger charge is 2.30. The molecule has 2 saturated carbocycles. The summed E-state index contributed by atoms with van der Waals surface area (Å²) in [6.45, 7) is 4.61. The number of halogens is 4. The highest BCUT2D eigenvalue weighted by atomic mass is 35.5. The molecule has 2 aliphatic carbocycles. The van der Waals surface area contributed by atoms with Crippen LogP contribution in [0.5, 0.6) is 0 Å². The Kier molecular flexibility index (Phi) is 9.40. The summed E-state index contributed by atoms with van der Waals surface area (Å²) in [5.74, 6) is 1.06. The fourth-order valence-corrected chi connectivity index (χ4v) is 4.98. The average Bonchev–Trinajstić information content (AvgIpc) is 3.71. The van der Waals surface area contributed by atoms with Crippen LogP contribution in [0.15, 0.2) is 35.3 Å². The summed E-state index contributed by atoms with van der Waals surface area (Å²) < 4.78 is 43.6. The molecule has 6 nitrogen and oxygen atoms in total. The largest absolute Gasteiger partial charge is 0.416 e. The molecule has 1 aliphatic heterocycles. The van der Waals surface area contributed by atoms with Gasteiger partial charge in [0.25, 0.3) is 5.56 Å². The summed E-state index contributed by atoms with van der Waals surface area (Å²) >= 11 is 6.30. The second-order valence-corrected chi connectivity index (χ2v) is 10.8. The molecule has 1 saturated heterocycles. The number of rotatable bonds is 6. The second kappa shape index (κ2) is 12.5. The first kappa shape index (κ1) is 27.8. The average molecular weight is 541 g/mol. The van der Waals surface area contributed by atoms with E-state index in [-0.39, 0.29) is 16.6 Å². The summed E-state index contributed by atoms with van der Waals surface area (Å²) in [5, 5.41) is 11.1. The van der Waals surface area contributed by atoms with Crippen LogP contribution >= 0.6 is 11.6 Å². The van der Waals surface area contributed by atoms with E-state index >= 15 is 0 Å². The standard InChI is InChI=1S/C17H26ClN3O2.C10H10F3N/c1-12-7-8-23-11-13(12)9-19-15-10-20-21(17(22)16(15)18)14-5-3-2-4-6-14;11-10(12,13)7-1-3-8(4-2-7)14-9-5-6-9/h10,12-14,19H,2-9,11H2,1H3;1-4,9,14H,5-6H2. The van der Waals surface area contributed by atoms with Crippen LogP contribution < -0.4 is 16.2 Å². The summed E-state index contributed by atoms with van der Waals surface area (Å²) in [6, 6.07) is 5.82. The van der Waals surface area contributed by atoms with Crippen LogP contribution in [0.2, 0.25) is 5.02 Å². The van der Waals surface area contributed by atoms with Crippen molar-refractivity contribution in [3.05, 3.63) is 51.4 Å². The van der Waals surface area contributed by atoms with Gasteiger partial charge in [0.15, 0.2) is 0 Å². The molecule has 1 aromatic heterocycles. The maximum absolute atomic E-state index is 12.5. The molecular weight excluding hydrogens is 505 g/mol.